The van der Waals surface area contributed by atoms with Gasteiger partial charge in [-0.25, -0.2) is 0 Å². The number of ether oxygens (including phenoxy) is 1. The van der Waals surface area contributed by atoms with E-state index in [0.717, 1.165) is 11.3 Å². The summed E-state index contributed by atoms with van der Waals surface area (Å²) in [5.74, 6) is -0.0592. The van der Waals surface area contributed by atoms with Crippen molar-refractivity contribution < 1.29 is 14.3 Å². The Hall–Kier alpha value is -1.69. The Morgan fingerprint density at radius 3 is 2.74 bits per heavy atom. The predicted octanol–water partition coefficient (Wildman–Crippen LogP) is 1.81. The molecule has 19 heavy (non-hydrogen) atoms. The predicted molar refractivity (Wildman–Crippen MR) is 78.2 cm³/mol. The lowest BCUT2D eigenvalue weighted by atomic mass is 10.2. The van der Waals surface area contributed by atoms with Gasteiger partial charge in [-0.2, -0.15) is 0 Å². The molecule has 0 aliphatic rings. The average molecular weight is 282 g/mol. The number of rotatable bonds is 6. The van der Waals surface area contributed by atoms with Gasteiger partial charge in [-0.15, -0.1) is 11.8 Å². The summed E-state index contributed by atoms with van der Waals surface area (Å²) in [6.07, 6.45) is 0. The molecule has 0 aromatic heterocycles. The van der Waals surface area contributed by atoms with E-state index in [1.807, 2.05) is 6.92 Å². The third-order valence-electron chi connectivity index (χ3n) is 2.28. The lowest BCUT2D eigenvalue weighted by Gasteiger charge is -2.08. The molecule has 6 heteroatoms. The average Bonchev–Trinajstić information content (AvgIpc) is 2.33. The van der Waals surface area contributed by atoms with Gasteiger partial charge in [-0.1, -0.05) is 0 Å². The van der Waals surface area contributed by atoms with Crippen molar-refractivity contribution in [2.24, 2.45) is 0 Å². The van der Waals surface area contributed by atoms with Gasteiger partial charge in [0, 0.05) is 11.4 Å². The zero-order valence-electron chi connectivity index (χ0n) is 11.1. The summed E-state index contributed by atoms with van der Waals surface area (Å²) in [5, 5.41) is 2.78. The normalized spacial score (nSPS) is 10.0. The topological polar surface area (TPSA) is 81.4 Å². The summed E-state index contributed by atoms with van der Waals surface area (Å²) in [6.45, 7) is 3.98. The number of anilines is 2. The number of nitrogens with one attached hydrogen (secondary N) is 1. The molecule has 0 heterocycles. The maximum absolute atomic E-state index is 11.7. The molecule has 0 saturated carbocycles. The molecule has 0 radical (unpaired) electrons. The van der Waals surface area contributed by atoms with Crippen LogP contribution < -0.4 is 11.1 Å². The van der Waals surface area contributed by atoms with Crippen molar-refractivity contribution in [2.75, 3.05) is 29.2 Å². The molecule has 1 aromatic rings. The Kier molecular flexibility index (Phi) is 6.21. The van der Waals surface area contributed by atoms with Gasteiger partial charge < -0.3 is 15.8 Å². The molecule has 0 saturated heterocycles. The van der Waals surface area contributed by atoms with Crippen LogP contribution in [0, 0.1) is 6.92 Å². The number of aryl methyl sites for hydroxylation is 1. The second kappa shape index (κ2) is 7.68. The maximum Gasteiger partial charge on any atom is 0.315 e. The van der Waals surface area contributed by atoms with Gasteiger partial charge in [0.25, 0.3) is 0 Å². The van der Waals surface area contributed by atoms with Crippen molar-refractivity contribution in [1.29, 1.82) is 0 Å². The van der Waals surface area contributed by atoms with E-state index in [1.165, 1.54) is 11.8 Å². The minimum atomic E-state index is -0.302. The number of esters is 1. The van der Waals surface area contributed by atoms with E-state index in [4.69, 9.17) is 10.5 Å². The van der Waals surface area contributed by atoms with Crippen LogP contribution in [0.5, 0.6) is 0 Å². The van der Waals surface area contributed by atoms with Gasteiger partial charge in [-0.05, 0) is 37.6 Å². The van der Waals surface area contributed by atoms with Crippen molar-refractivity contribution in [3.63, 3.8) is 0 Å². The van der Waals surface area contributed by atoms with E-state index in [2.05, 4.69) is 5.32 Å². The number of carbonyl (C=O) groups excluding carboxylic acids is 2. The zero-order chi connectivity index (χ0) is 14.3. The monoisotopic (exact) mass is 282 g/mol. The van der Waals surface area contributed by atoms with Crippen LogP contribution in [0.3, 0.4) is 0 Å². The first kappa shape index (κ1) is 15.4. The van der Waals surface area contributed by atoms with Gasteiger partial charge >= 0.3 is 5.97 Å². The van der Waals surface area contributed by atoms with Gasteiger partial charge in [0.2, 0.25) is 5.91 Å². The third-order valence-corrected chi connectivity index (χ3v) is 3.19. The Labute approximate surface area is 116 Å². The fourth-order valence-corrected chi connectivity index (χ4v) is 2.05. The van der Waals surface area contributed by atoms with Crippen molar-refractivity contribution in [1.82, 2.24) is 0 Å². The number of nitrogen functional groups attached to an aromatic ring is 1. The molecule has 0 atom stereocenters. The van der Waals surface area contributed by atoms with Crippen molar-refractivity contribution >= 4 is 35.0 Å². The summed E-state index contributed by atoms with van der Waals surface area (Å²) < 4.78 is 4.77. The number of thioether (sulfide) groups is 1. The van der Waals surface area contributed by atoms with Crippen LogP contribution in [0.2, 0.25) is 0 Å². The first-order valence-corrected chi connectivity index (χ1v) is 7.07. The molecule has 0 bridgehead atoms. The van der Waals surface area contributed by atoms with Crippen LogP contribution in [-0.4, -0.2) is 30.0 Å². The molecule has 5 nitrogen and oxygen atoms in total. The SMILES string of the molecule is CCOC(=O)CSCC(=O)Nc1ccc(N)cc1C. The molecule has 0 fully saturated rings. The van der Waals surface area contributed by atoms with E-state index < -0.39 is 0 Å². The number of hydrogen-bond donors (Lipinski definition) is 2. The molecule has 1 amide bonds. The highest BCUT2D eigenvalue weighted by Gasteiger charge is 2.07. The van der Waals surface area contributed by atoms with Crippen LogP contribution in [-0.2, 0) is 14.3 Å². The van der Waals surface area contributed by atoms with Crippen LogP contribution >= 0.6 is 11.8 Å². The molecule has 1 aromatic carbocycles. The molecule has 0 aliphatic heterocycles. The summed E-state index contributed by atoms with van der Waals surface area (Å²) in [6, 6.07) is 5.29. The van der Waals surface area contributed by atoms with Gasteiger partial charge in [0.05, 0.1) is 18.1 Å². The molecule has 3 N–H and O–H groups in total. The number of nitrogens with two attached hydrogens (primary N) is 1. The highest BCUT2D eigenvalue weighted by molar-refractivity contribution is 8.00. The van der Waals surface area contributed by atoms with Crippen LogP contribution in [0.4, 0.5) is 11.4 Å². The third kappa shape index (κ3) is 5.65. The fourth-order valence-electron chi connectivity index (χ4n) is 1.44. The van der Waals surface area contributed by atoms with Crippen molar-refractivity contribution in [2.45, 2.75) is 13.8 Å². The minimum Gasteiger partial charge on any atom is -0.465 e. The maximum atomic E-state index is 11.7. The second-order valence-electron chi connectivity index (χ2n) is 3.92. The summed E-state index contributed by atoms with van der Waals surface area (Å²) in [5.41, 5.74) is 7.93. The Balaban J connectivity index is 2.37. The van der Waals surface area contributed by atoms with E-state index in [1.54, 1.807) is 25.1 Å². The van der Waals surface area contributed by atoms with E-state index in [9.17, 15) is 9.59 Å². The van der Waals surface area contributed by atoms with Crippen molar-refractivity contribution in [3.8, 4) is 0 Å². The standard InChI is InChI=1S/C13H18N2O3S/c1-3-18-13(17)8-19-7-12(16)15-11-5-4-10(14)6-9(11)2/h4-6H,3,7-8,14H2,1-2H3,(H,15,16). The van der Waals surface area contributed by atoms with Crippen LogP contribution in [0.1, 0.15) is 12.5 Å². The number of benzene rings is 1. The molecule has 104 valence electrons. The largest absolute Gasteiger partial charge is 0.465 e. The van der Waals surface area contributed by atoms with Gasteiger partial charge in [0.1, 0.15) is 0 Å². The van der Waals surface area contributed by atoms with Crippen LogP contribution in [0.25, 0.3) is 0 Å². The zero-order valence-corrected chi connectivity index (χ0v) is 11.9. The fraction of sp³-hybridized carbons (Fsp3) is 0.385. The highest BCUT2D eigenvalue weighted by Crippen LogP contribution is 2.17. The molecular formula is C13H18N2O3S. The summed E-state index contributed by atoms with van der Waals surface area (Å²) in [4.78, 5) is 22.8. The number of carbonyl (C=O) groups is 2. The van der Waals surface area contributed by atoms with E-state index in [0.29, 0.717) is 12.3 Å². The number of amides is 1. The molecule has 0 unspecified atom stereocenters. The lowest BCUT2D eigenvalue weighted by Crippen LogP contribution is -2.16. The van der Waals surface area contributed by atoms with E-state index in [-0.39, 0.29) is 23.4 Å². The smallest absolute Gasteiger partial charge is 0.315 e. The Morgan fingerprint density at radius 2 is 2.11 bits per heavy atom. The van der Waals surface area contributed by atoms with E-state index >= 15 is 0 Å². The van der Waals surface area contributed by atoms with Gasteiger partial charge in [-0.3, -0.25) is 9.59 Å². The first-order valence-electron chi connectivity index (χ1n) is 5.92. The number of hydrogen-bond acceptors (Lipinski definition) is 5. The Bertz CT molecular complexity index is 463. The van der Waals surface area contributed by atoms with Crippen molar-refractivity contribution in [3.05, 3.63) is 23.8 Å². The van der Waals surface area contributed by atoms with Gasteiger partial charge in [0.15, 0.2) is 0 Å². The quantitative estimate of drug-likeness (QED) is 0.614. The molecule has 0 aliphatic carbocycles. The molecule has 1 rings (SSSR count). The minimum absolute atomic E-state index is 0.151. The lowest BCUT2D eigenvalue weighted by molar-refractivity contribution is -0.139. The first-order chi connectivity index (χ1) is 9.02. The molecule has 0 spiro atoms. The highest BCUT2D eigenvalue weighted by atomic mass is 32.2. The van der Waals surface area contributed by atoms with Crippen LogP contribution in [0.15, 0.2) is 18.2 Å². The Morgan fingerprint density at radius 1 is 1.37 bits per heavy atom. The summed E-state index contributed by atoms with van der Waals surface area (Å²) in [7, 11) is 0. The second-order valence-corrected chi connectivity index (χ2v) is 4.91. The molecular weight excluding hydrogens is 264 g/mol. The summed E-state index contributed by atoms with van der Waals surface area (Å²) >= 11 is 1.23.